The summed E-state index contributed by atoms with van der Waals surface area (Å²) in [7, 11) is 0. The first kappa shape index (κ1) is 25.2. The fourth-order valence-corrected chi connectivity index (χ4v) is 4.56. The number of nitriles is 2. The molecule has 0 aliphatic heterocycles. The lowest BCUT2D eigenvalue weighted by Gasteiger charge is -2.14. The first-order chi connectivity index (χ1) is 17.7. The SMILES string of the molecule is N#Cc1cccc(Cc2ccc(Cl)cc2)c1CCCNCC(C#N)c1ccc(-c2ccccc2)cc1. The first-order valence-corrected chi connectivity index (χ1v) is 12.6. The maximum atomic E-state index is 9.73. The highest BCUT2D eigenvalue weighted by atomic mass is 35.5. The molecule has 1 unspecified atom stereocenters. The summed E-state index contributed by atoms with van der Waals surface area (Å²) in [5, 5.41) is 23.5. The molecule has 0 amide bonds. The molecule has 0 saturated carbocycles. The van der Waals surface area contributed by atoms with Crippen LogP contribution in [0.4, 0.5) is 0 Å². The fourth-order valence-electron chi connectivity index (χ4n) is 4.44. The van der Waals surface area contributed by atoms with Crippen LogP contribution < -0.4 is 5.32 Å². The van der Waals surface area contributed by atoms with Crippen molar-refractivity contribution < 1.29 is 0 Å². The monoisotopic (exact) mass is 489 g/mol. The van der Waals surface area contributed by atoms with Gasteiger partial charge in [-0.15, -0.1) is 0 Å². The number of halogens is 1. The Labute approximate surface area is 218 Å². The van der Waals surface area contributed by atoms with E-state index in [-0.39, 0.29) is 5.92 Å². The minimum Gasteiger partial charge on any atom is -0.315 e. The van der Waals surface area contributed by atoms with E-state index in [2.05, 4.69) is 47.8 Å². The highest BCUT2D eigenvalue weighted by Crippen LogP contribution is 2.23. The third-order valence-electron chi connectivity index (χ3n) is 6.41. The van der Waals surface area contributed by atoms with Gasteiger partial charge in [0.05, 0.1) is 23.6 Å². The van der Waals surface area contributed by atoms with Gasteiger partial charge in [0, 0.05) is 11.6 Å². The minimum absolute atomic E-state index is 0.207. The summed E-state index contributed by atoms with van der Waals surface area (Å²) in [4.78, 5) is 0. The van der Waals surface area contributed by atoms with Gasteiger partial charge in [0.2, 0.25) is 0 Å². The van der Waals surface area contributed by atoms with E-state index in [1.807, 2.05) is 66.7 Å². The van der Waals surface area contributed by atoms with Crippen LogP contribution in [0, 0.1) is 22.7 Å². The summed E-state index contributed by atoms with van der Waals surface area (Å²) in [6, 6.07) is 37.1. The fraction of sp³-hybridized carbons (Fsp3) is 0.188. The highest BCUT2D eigenvalue weighted by Gasteiger charge is 2.12. The molecule has 0 spiro atoms. The molecule has 0 saturated heterocycles. The molecule has 0 fully saturated rings. The largest absolute Gasteiger partial charge is 0.315 e. The third-order valence-corrected chi connectivity index (χ3v) is 6.66. The van der Waals surface area contributed by atoms with Gasteiger partial charge >= 0.3 is 0 Å². The van der Waals surface area contributed by atoms with E-state index in [0.29, 0.717) is 6.54 Å². The van der Waals surface area contributed by atoms with Crippen LogP contribution in [0.15, 0.2) is 97.1 Å². The Hall–Kier alpha value is -3.89. The molecule has 4 heteroatoms. The molecule has 4 aromatic rings. The molecule has 1 N–H and O–H groups in total. The molecule has 4 rings (SSSR count). The number of hydrogen-bond acceptors (Lipinski definition) is 3. The lowest BCUT2D eigenvalue weighted by Crippen LogP contribution is -2.22. The van der Waals surface area contributed by atoms with E-state index in [4.69, 9.17) is 11.6 Å². The Morgan fingerprint density at radius 1 is 0.778 bits per heavy atom. The zero-order valence-electron chi connectivity index (χ0n) is 20.1. The molecule has 1 atom stereocenters. The molecule has 0 aromatic heterocycles. The van der Waals surface area contributed by atoms with Gasteiger partial charge in [-0.05, 0) is 77.4 Å². The lowest BCUT2D eigenvalue weighted by atomic mass is 9.93. The summed E-state index contributed by atoms with van der Waals surface area (Å²) in [5.41, 5.74) is 7.51. The molecule has 0 heterocycles. The van der Waals surface area contributed by atoms with Crippen molar-refractivity contribution in [1.82, 2.24) is 5.32 Å². The predicted molar refractivity (Wildman–Crippen MR) is 147 cm³/mol. The smallest absolute Gasteiger partial charge is 0.0994 e. The van der Waals surface area contributed by atoms with Crippen molar-refractivity contribution in [3.8, 4) is 23.3 Å². The van der Waals surface area contributed by atoms with Gasteiger partial charge in [-0.2, -0.15) is 10.5 Å². The van der Waals surface area contributed by atoms with Crippen LogP contribution in [0.3, 0.4) is 0 Å². The molecular formula is C32H28ClN3. The van der Waals surface area contributed by atoms with Crippen molar-refractivity contribution in [2.45, 2.75) is 25.2 Å². The second-order valence-corrected chi connectivity index (χ2v) is 9.27. The number of hydrogen-bond donors (Lipinski definition) is 1. The van der Waals surface area contributed by atoms with Crippen molar-refractivity contribution in [2.75, 3.05) is 13.1 Å². The summed E-state index contributed by atoms with van der Waals surface area (Å²) in [6.45, 7) is 1.37. The van der Waals surface area contributed by atoms with Crippen molar-refractivity contribution >= 4 is 11.6 Å². The maximum absolute atomic E-state index is 9.73. The van der Waals surface area contributed by atoms with Crippen LogP contribution >= 0.6 is 11.6 Å². The van der Waals surface area contributed by atoms with Gasteiger partial charge in [-0.1, -0.05) is 90.5 Å². The maximum Gasteiger partial charge on any atom is 0.0994 e. The summed E-state index contributed by atoms with van der Waals surface area (Å²) >= 11 is 6.03. The van der Waals surface area contributed by atoms with Crippen LogP contribution in [-0.4, -0.2) is 13.1 Å². The normalized spacial score (nSPS) is 11.4. The number of benzene rings is 4. The van der Waals surface area contributed by atoms with Crippen LogP contribution in [0.25, 0.3) is 11.1 Å². The molecule has 0 aliphatic carbocycles. The van der Waals surface area contributed by atoms with Crippen molar-refractivity contribution in [3.05, 3.63) is 130 Å². The number of nitrogens with one attached hydrogen (secondary N) is 1. The molecule has 4 aromatic carbocycles. The quantitative estimate of drug-likeness (QED) is 0.238. The molecular weight excluding hydrogens is 462 g/mol. The van der Waals surface area contributed by atoms with Crippen LogP contribution in [0.5, 0.6) is 0 Å². The molecule has 178 valence electrons. The average Bonchev–Trinajstić information content (AvgIpc) is 2.93. The Morgan fingerprint density at radius 3 is 2.19 bits per heavy atom. The second kappa shape index (κ2) is 12.7. The molecule has 0 radical (unpaired) electrons. The van der Waals surface area contributed by atoms with E-state index in [1.54, 1.807) is 0 Å². The average molecular weight is 490 g/mol. The van der Waals surface area contributed by atoms with Gasteiger partial charge in [0.25, 0.3) is 0 Å². The Balaban J connectivity index is 1.32. The van der Waals surface area contributed by atoms with Gasteiger partial charge in [0.1, 0.15) is 0 Å². The second-order valence-electron chi connectivity index (χ2n) is 8.84. The van der Waals surface area contributed by atoms with Crippen LogP contribution in [-0.2, 0) is 12.8 Å². The lowest BCUT2D eigenvalue weighted by molar-refractivity contribution is 0.622. The zero-order valence-corrected chi connectivity index (χ0v) is 20.9. The molecule has 3 nitrogen and oxygen atoms in total. The van der Waals surface area contributed by atoms with E-state index in [0.717, 1.165) is 53.1 Å². The van der Waals surface area contributed by atoms with E-state index < -0.39 is 0 Å². The molecule has 36 heavy (non-hydrogen) atoms. The van der Waals surface area contributed by atoms with Crippen molar-refractivity contribution in [2.24, 2.45) is 0 Å². The zero-order chi connectivity index (χ0) is 25.2. The predicted octanol–water partition coefficient (Wildman–Crippen LogP) is 7.30. The first-order valence-electron chi connectivity index (χ1n) is 12.2. The topological polar surface area (TPSA) is 59.6 Å². The van der Waals surface area contributed by atoms with Gasteiger partial charge < -0.3 is 5.32 Å². The summed E-state index contributed by atoms with van der Waals surface area (Å²) < 4.78 is 0. The van der Waals surface area contributed by atoms with E-state index in [1.165, 1.54) is 16.7 Å². The van der Waals surface area contributed by atoms with E-state index in [9.17, 15) is 10.5 Å². The Kier molecular flexibility index (Phi) is 8.90. The Morgan fingerprint density at radius 2 is 1.50 bits per heavy atom. The van der Waals surface area contributed by atoms with Crippen LogP contribution in [0.2, 0.25) is 5.02 Å². The van der Waals surface area contributed by atoms with E-state index >= 15 is 0 Å². The minimum atomic E-state index is -0.207. The third kappa shape index (κ3) is 6.61. The number of nitrogens with zero attached hydrogens (tertiary/aromatic N) is 2. The number of rotatable bonds is 10. The molecule has 0 bridgehead atoms. The van der Waals surface area contributed by atoms with Gasteiger partial charge in [-0.25, -0.2) is 0 Å². The van der Waals surface area contributed by atoms with Crippen molar-refractivity contribution in [3.63, 3.8) is 0 Å². The van der Waals surface area contributed by atoms with Gasteiger partial charge in [-0.3, -0.25) is 0 Å². The van der Waals surface area contributed by atoms with Gasteiger partial charge in [0.15, 0.2) is 0 Å². The molecule has 0 aliphatic rings. The highest BCUT2D eigenvalue weighted by molar-refractivity contribution is 6.30. The summed E-state index contributed by atoms with van der Waals surface area (Å²) in [6.07, 6.45) is 2.46. The van der Waals surface area contributed by atoms with Crippen LogP contribution in [0.1, 0.15) is 40.2 Å². The standard InChI is InChI=1S/C32H28ClN3/c33-31-17-11-24(12-18-31)20-28-8-4-9-29(21-34)32(28)10-5-19-36-23-30(22-35)27-15-13-26(14-16-27)25-6-2-1-3-7-25/h1-4,6-9,11-18,30,36H,5,10,19-20,23H2. The van der Waals surface area contributed by atoms with Crippen molar-refractivity contribution in [1.29, 1.82) is 10.5 Å². The Bertz CT molecular complexity index is 1350. The summed E-state index contributed by atoms with van der Waals surface area (Å²) in [5.74, 6) is -0.207.